The zero-order valence-corrected chi connectivity index (χ0v) is 12.5. The Hall–Kier alpha value is -1.73. The van der Waals surface area contributed by atoms with Crippen LogP contribution in [0, 0.1) is 11.3 Å². The molecule has 2 rings (SSSR count). The highest BCUT2D eigenvalue weighted by Gasteiger charge is 2.22. The molecule has 1 fully saturated rings. The van der Waals surface area contributed by atoms with Gasteiger partial charge in [0, 0.05) is 25.2 Å². The first-order valence-electron chi connectivity index (χ1n) is 7.23. The second-order valence-electron chi connectivity index (χ2n) is 5.54. The Labute approximate surface area is 121 Å². The molecule has 1 aromatic carbocycles. The number of nitrogens with one attached hydrogen (secondary N) is 1. The Bertz CT molecular complexity index is 485. The molecule has 0 bridgehead atoms. The van der Waals surface area contributed by atoms with Crippen LogP contribution < -0.4 is 10.1 Å². The third-order valence-electron chi connectivity index (χ3n) is 3.97. The average molecular weight is 273 g/mol. The third kappa shape index (κ3) is 3.23. The lowest BCUT2D eigenvalue weighted by Crippen LogP contribution is -2.42. The molecule has 0 spiro atoms. The lowest BCUT2D eigenvalue weighted by molar-refractivity contribution is 0.177. The SMILES string of the molecule is COc1cccc(C#N)c1NC1CCN(C(C)C)CC1. The Morgan fingerprint density at radius 3 is 2.60 bits per heavy atom. The summed E-state index contributed by atoms with van der Waals surface area (Å²) in [5.41, 5.74) is 1.48. The van der Waals surface area contributed by atoms with Gasteiger partial charge in [-0.2, -0.15) is 5.26 Å². The molecule has 108 valence electrons. The Kier molecular flexibility index (Phi) is 4.86. The summed E-state index contributed by atoms with van der Waals surface area (Å²) in [5.74, 6) is 0.746. The molecule has 0 radical (unpaired) electrons. The van der Waals surface area contributed by atoms with Crippen molar-refractivity contribution in [3.8, 4) is 11.8 Å². The van der Waals surface area contributed by atoms with E-state index in [0.717, 1.165) is 37.4 Å². The molecular weight excluding hydrogens is 250 g/mol. The number of para-hydroxylation sites is 1. The maximum Gasteiger partial charge on any atom is 0.143 e. The zero-order valence-electron chi connectivity index (χ0n) is 12.5. The van der Waals surface area contributed by atoms with E-state index in [-0.39, 0.29) is 0 Å². The normalized spacial score (nSPS) is 16.9. The van der Waals surface area contributed by atoms with Crippen molar-refractivity contribution < 1.29 is 4.74 Å². The average Bonchev–Trinajstić information content (AvgIpc) is 2.48. The molecule has 0 aliphatic carbocycles. The standard InChI is InChI=1S/C16H23N3O/c1-12(2)19-9-7-14(8-10-19)18-16-13(11-17)5-4-6-15(16)20-3/h4-6,12,14,18H,7-10H2,1-3H3. The van der Waals surface area contributed by atoms with Crippen molar-refractivity contribution in [3.05, 3.63) is 23.8 Å². The monoisotopic (exact) mass is 273 g/mol. The molecule has 1 aromatic rings. The van der Waals surface area contributed by atoms with Crippen molar-refractivity contribution in [2.75, 3.05) is 25.5 Å². The molecule has 0 amide bonds. The summed E-state index contributed by atoms with van der Waals surface area (Å²) in [7, 11) is 1.64. The second-order valence-corrected chi connectivity index (χ2v) is 5.54. The highest BCUT2D eigenvalue weighted by molar-refractivity contribution is 5.66. The number of methoxy groups -OCH3 is 1. The number of anilines is 1. The van der Waals surface area contributed by atoms with Crippen LogP contribution in [0.5, 0.6) is 5.75 Å². The predicted molar refractivity (Wildman–Crippen MR) is 81.1 cm³/mol. The van der Waals surface area contributed by atoms with E-state index in [2.05, 4.69) is 30.1 Å². The number of piperidine rings is 1. The summed E-state index contributed by atoms with van der Waals surface area (Å²) in [6.07, 6.45) is 2.20. The third-order valence-corrected chi connectivity index (χ3v) is 3.97. The summed E-state index contributed by atoms with van der Waals surface area (Å²) < 4.78 is 5.36. The van der Waals surface area contributed by atoms with Gasteiger partial charge in [0.15, 0.2) is 0 Å². The smallest absolute Gasteiger partial charge is 0.143 e. The predicted octanol–water partition coefficient (Wildman–Crippen LogP) is 2.85. The van der Waals surface area contributed by atoms with Crippen molar-refractivity contribution in [2.45, 2.75) is 38.8 Å². The molecule has 20 heavy (non-hydrogen) atoms. The number of nitriles is 1. The molecule has 4 heteroatoms. The van der Waals surface area contributed by atoms with E-state index in [0.29, 0.717) is 17.6 Å². The number of ether oxygens (including phenoxy) is 1. The van der Waals surface area contributed by atoms with E-state index in [9.17, 15) is 5.26 Å². The largest absolute Gasteiger partial charge is 0.495 e. The van der Waals surface area contributed by atoms with Gasteiger partial charge in [-0.15, -0.1) is 0 Å². The fourth-order valence-electron chi connectivity index (χ4n) is 2.71. The van der Waals surface area contributed by atoms with E-state index < -0.39 is 0 Å². The Balaban J connectivity index is 2.06. The Morgan fingerprint density at radius 2 is 2.05 bits per heavy atom. The number of hydrogen-bond donors (Lipinski definition) is 1. The van der Waals surface area contributed by atoms with Crippen LogP contribution in [0.15, 0.2) is 18.2 Å². The number of nitrogens with zero attached hydrogens (tertiary/aromatic N) is 2. The number of likely N-dealkylation sites (tertiary alicyclic amines) is 1. The quantitative estimate of drug-likeness (QED) is 0.916. The minimum Gasteiger partial charge on any atom is -0.495 e. The lowest BCUT2D eigenvalue weighted by Gasteiger charge is -2.35. The van der Waals surface area contributed by atoms with Gasteiger partial charge in [-0.25, -0.2) is 0 Å². The van der Waals surface area contributed by atoms with Crippen LogP contribution in [0.1, 0.15) is 32.3 Å². The first-order chi connectivity index (χ1) is 9.65. The summed E-state index contributed by atoms with van der Waals surface area (Å²) in [6, 6.07) is 8.83. The van der Waals surface area contributed by atoms with Crippen LogP contribution in [0.4, 0.5) is 5.69 Å². The van der Waals surface area contributed by atoms with Crippen molar-refractivity contribution in [1.82, 2.24) is 4.90 Å². The van der Waals surface area contributed by atoms with Gasteiger partial charge >= 0.3 is 0 Å². The number of rotatable bonds is 4. The van der Waals surface area contributed by atoms with Crippen LogP contribution in [0.2, 0.25) is 0 Å². The molecule has 1 N–H and O–H groups in total. The first-order valence-corrected chi connectivity index (χ1v) is 7.23. The van der Waals surface area contributed by atoms with Crippen LogP contribution in [0.25, 0.3) is 0 Å². The minimum atomic E-state index is 0.411. The van der Waals surface area contributed by atoms with Crippen LogP contribution in [-0.4, -0.2) is 37.2 Å². The molecule has 0 unspecified atom stereocenters. The fraction of sp³-hybridized carbons (Fsp3) is 0.562. The van der Waals surface area contributed by atoms with Crippen LogP contribution >= 0.6 is 0 Å². The minimum absolute atomic E-state index is 0.411. The van der Waals surface area contributed by atoms with Crippen molar-refractivity contribution >= 4 is 5.69 Å². The first kappa shape index (κ1) is 14.7. The van der Waals surface area contributed by atoms with Gasteiger partial charge in [0.2, 0.25) is 0 Å². The van der Waals surface area contributed by atoms with Gasteiger partial charge in [0.25, 0.3) is 0 Å². The molecule has 1 saturated heterocycles. The molecule has 4 nitrogen and oxygen atoms in total. The molecule has 1 aliphatic heterocycles. The van der Waals surface area contributed by atoms with E-state index >= 15 is 0 Å². The van der Waals surface area contributed by atoms with Crippen LogP contribution in [0.3, 0.4) is 0 Å². The molecule has 1 aliphatic rings. The van der Waals surface area contributed by atoms with Crippen molar-refractivity contribution in [3.63, 3.8) is 0 Å². The molecule has 1 heterocycles. The molecule has 0 aromatic heterocycles. The maximum atomic E-state index is 9.23. The molecule has 0 saturated carbocycles. The van der Waals surface area contributed by atoms with Gasteiger partial charge in [-0.05, 0) is 38.8 Å². The topological polar surface area (TPSA) is 48.3 Å². The van der Waals surface area contributed by atoms with Gasteiger partial charge in [-0.1, -0.05) is 6.07 Å². The Morgan fingerprint density at radius 1 is 1.35 bits per heavy atom. The van der Waals surface area contributed by atoms with Gasteiger partial charge in [0.1, 0.15) is 11.8 Å². The van der Waals surface area contributed by atoms with E-state index in [1.54, 1.807) is 7.11 Å². The number of hydrogen-bond acceptors (Lipinski definition) is 4. The van der Waals surface area contributed by atoms with E-state index in [4.69, 9.17) is 4.74 Å². The number of benzene rings is 1. The summed E-state index contributed by atoms with van der Waals surface area (Å²) in [4.78, 5) is 2.49. The summed E-state index contributed by atoms with van der Waals surface area (Å²) in [6.45, 7) is 6.68. The summed E-state index contributed by atoms with van der Waals surface area (Å²) in [5, 5.41) is 12.7. The van der Waals surface area contributed by atoms with Crippen molar-refractivity contribution in [1.29, 1.82) is 5.26 Å². The van der Waals surface area contributed by atoms with E-state index in [1.165, 1.54) is 0 Å². The van der Waals surface area contributed by atoms with Crippen LogP contribution in [-0.2, 0) is 0 Å². The lowest BCUT2D eigenvalue weighted by atomic mass is 10.0. The zero-order chi connectivity index (χ0) is 14.5. The van der Waals surface area contributed by atoms with E-state index in [1.807, 2.05) is 18.2 Å². The molecule has 0 atom stereocenters. The highest BCUT2D eigenvalue weighted by Crippen LogP contribution is 2.30. The maximum absolute atomic E-state index is 9.23. The fourth-order valence-corrected chi connectivity index (χ4v) is 2.71. The second kappa shape index (κ2) is 6.62. The van der Waals surface area contributed by atoms with Crippen molar-refractivity contribution in [2.24, 2.45) is 0 Å². The van der Waals surface area contributed by atoms with Gasteiger partial charge in [0.05, 0.1) is 18.4 Å². The highest BCUT2D eigenvalue weighted by atomic mass is 16.5. The summed E-state index contributed by atoms with van der Waals surface area (Å²) >= 11 is 0. The van der Waals surface area contributed by atoms with Gasteiger partial charge < -0.3 is 15.0 Å². The van der Waals surface area contributed by atoms with Gasteiger partial charge in [-0.3, -0.25) is 0 Å². The molecular formula is C16H23N3O.